The number of rotatable bonds is 5. The van der Waals surface area contributed by atoms with Gasteiger partial charge in [-0.3, -0.25) is 4.79 Å². The van der Waals surface area contributed by atoms with Crippen LogP contribution in [-0.4, -0.2) is 29.4 Å². The molecule has 0 radical (unpaired) electrons. The molecule has 1 aliphatic rings. The molecule has 2 rings (SSSR count). The SMILES string of the molecule is COCCn1c2c(cc(/C=C/C(=O)O)c1=O)CCC2. The molecule has 0 bridgehead atoms. The molecule has 0 atom stereocenters. The van der Waals surface area contributed by atoms with Gasteiger partial charge in [0.1, 0.15) is 0 Å². The van der Waals surface area contributed by atoms with Crippen LogP contribution in [0.5, 0.6) is 0 Å². The first-order valence-electron chi connectivity index (χ1n) is 6.29. The first-order chi connectivity index (χ1) is 9.13. The van der Waals surface area contributed by atoms with Gasteiger partial charge in [0.15, 0.2) is 0 Å². The highest BCUT2D eigenvalue weighted by Gasteiger charge is 2.18. The molecule has 5 nitrogen and oxygen atoms in total. The summed E-state index contributed by atoms with van der Waals surface area (Å²) in [6.45, 7) is 0.977. The molecule has 19 heavy (non-hydrogen) atoms. The summed E-state index contributed by atoms with van der Waals surface area (Å²) in [4.78, 5) is 22.9. The molecule has 1 aliphatic carbocycles. The summed E-state index contributed by atoms with van der Waals surface area (Å²) in [5.74, 6) is -1.05. The van der Waals surface area contributed by atoms with Crippen molar-refractivity contribution in [3.63, 3.8) is 0 Å². The van der Waals surface area contributed by atoms with Crippen LogP contribution in [0.2, 0.25) is 0 Å². The van der Waals surface area contributed by atoms with Crippen LogP contribution in [0.3, 0.4) is 0 Å². The van der Waals surface area contributed by atoms with Crippen molar-refractivity contribution in [3.05, 3.63) is 39.3 Å². The van der Waals surface area contributed by atoms with Crippen LogP contribution in [0.25, 0.3) is 6.08 Å². The zero-order chi connectivity index (χ0) is 13.8. The summed E-state index contributed by atoms with van der Waals surface area (Å²) in [7, 11) is 1.60. The molecule has 1 N–H and O–H groups in total. The molecule has 0 spiro atoms. The molecular weight excluding hydrogens is 246 g/mol. The quantitative estimate of drug-likeness (QED) is 0.807. The maximum absolute atomic E-state index is 12.3. The van der Waals surface area contributed by atoms with Crippen LogP contribution in [-0.2, 0) is 28.9 Å². The second kappa shape index (κ2) is 5.84. The van der Waals surface area contributed by atoms with Gasteiger partial charge in [-0.2, -0.15) is 0 Å². The zero-order valence-electron chi connectivity index (χ0n) is 10.9. The van der Waals surface area contributed by atoms with Crippen molar-refractivity contribution in [2.75, 3.05) is 13.7 Å². The van der Waals surface area contributed by atoms with E-state index in [1.807, 2.05) is 6.07 Å². The molecular formula is C14H17NO4. The van der Waals surface area contributed by atoms with E-state index < -0.39 is 5.97 Å². The van der Waals surface area contributed by atoms with Crippen molar-refractivity contribution >= 4 is 12.0 Å². The van der Waals surface area contributed by atoms with Gasteiger partial charge in [-0.05, 0) is 37.0 Å². The molecule has 0 amide bonds. The number of aryl methyl sites for hydroxylation is 1. The van der Waals surface area contributed by atoms with Gasteiger partial charge >= 0.3 is 5.97 Å². The van der Waals surface area contributed by atoms with Gasteiger partial charge in [0, 0.05) is 31.0 Å². The predicted octanol–water partition coefficient (Wildman–Crippen LogP) is 1.08. The fourth-order valence-corrected chi connectivity index (χ4v) is 2.44. The Morgan fingerprint density at radius 3 is 3.00 bits per heavy atom. The van der Waals surface area contributed by atoms with E-state index in [-0.39, 0.29) is 5.56 Å². The molecule has 0 unspecified atom stereocenters. The monoisotopic (exact) mass is 263 g/mol. The van der Waals surface area contributed by atoms with E-state index in [1.54, 1.807) is 11.7 Å². The molecule has 102 valence electrons. The minimum Gasteiger partial charge on any atom is -0.478 e. The van der Waals surface area contributed by atoms with Crippen molar-refractivity contribution in [1.29, 1.82) is 0 Å². The summed E-state index contributed by atoms with van der Waals surface area (Å²) in [6, 6.07) is 1.81. The Morgan fingerprint density at radius 2 is 2.32 bits per heavy atom. The Bertz CT molecular complexity index is 572. The Hall–Kier alpha value is -1.88. The number of hydrogen-bond acceptors (Lipinski definition) is 3. The second-order valence-electron chi connectivity index (χ2n) is 4.55. The summed E-state index contributed by atoms with van der Waals surface area (Å²) in [6.07, 6.45) is 5.24. The topological polar surface area (TPSA) is 68.5 Å². The molecule has 1 aromatic heterocycles. The number of methoxy groups -OCH3 is 1. The van der Waals surface area contributed by atoms with Crippen molar-refractivity contribution in [3.8, 4) is 0 Å². The summed E-state index contributed by atoms with van der Waals surface area (Å²) in [5, 5.41) is 8.65. The number of fused-ring (bicyclic) bond motifs is 1. The zero-order valence-corrected chi connectivity index (χ0v) is 10.9. The van der Waals surface area contributed by atoms with E-state index in [2.05, 4.69) is 0 Å². The number of carboxylic acid groups (broad SMARTS) is 1. The van der Waals surface area contributed by atoms with Gasteiger partial charge in [-0.15, -0.1) is 0 Å². The van der Waals surface area contributed by atoms with Gasteiger partial charge in [0.05, 0.1) is 6.61 Å². The number of nitrogens with zero attached hydrogens (tertiary/aromatic N) is 1. The third-order valence-electron chi connectivity index (χ3n) is 3.30. The van der Waals surface area contributed by atoms with Gasteiger partial charge in [-0.1, -0.05) is 0 Å². The van der Waals surface area contributed by atoms with Crippen molar-refractivity contribution in [2.24, 2.45) is 0 Å². The lowest BCUT2D eigenvalue weighted by Crippen LogP contribution is -2.27. The van der Waals surface area contributed by atoms with E-state index in [0.29, 0.717) is 18.7 Å². The molecule has 0 saturated heterocycles. The molecule has 5 heteroatoms. The number of carbonyl (C=O) groups is 1. The van der Waals surface area contributed by atoms with E-state index in [4.69, 9.17) is 9.84 Å². The smallest absolute Gasteiger partial charge is 0.328 e. The molecule has 0 fully saturated rings. The number of hydrogen-bond donors (Lipinski definition) is 1. The minimum atomic E-state index is -1.05. The summed E-state index contributed by atoms with van der Waals surface area (Å²) >= 11 is 0. The van der Waals surface area contributed by atoms with Gasteiger partial charge in [0.2, 0.25) is 0 Å². The molecule has 0 aromatic carbocycles. The maximum Gasteiger partial charge on any atom is 0.328 e. The minimum absolute atomic E-state index is 0.143. The lowest BCUT2D eigenvalue weighted by molar-refractivity contribution is -0.131. The van der Waals surface area contributed by atoms with E-state index >= 15 is 0 Å². The van der Waals surface area contributed by atoms with Crippen molar-refractivity contribution < 1.29 is 14.6 Å². The van der Waals surface area contributed by atoms with Crippen LogP contribution in [0.1, 0.15) is 23.2 Å². The normalized spacial score (nSPS) is 13.9. The first-order valence-corrected chi connectivity index (χ1v) is 6.29. The fourth-order valence-electron chi connectivity index (χ4n) is 2.44. The maximum atomic E-state index is 12.3. The lowest BCUT2D eigenvalue weighted by Gasteiger charge is -2.13. The van der Waals surface area contributed by atoms with Crippen molar-refractivity contribution in [1.82, 2.24) is 4.57 Å². The Morgan fingerprint density at radius 1 is 1.53 bits per heavy atom. The van der Waals surface area contributed by atoms with Gasteiger partial charge in [-0.25, -0.2) is 4.79 Å². The Kier molecular flexibility index (Phi) is 4.16. The van der Waals surface area contributed by atoms with Crippen LogP contribution >= 0.6 is 0 Å². The van der Waals surface area contributed by atoms with Crippen LogP contribution in [0, 0.1) is 0 Å². The molecule has 0 saturated carbocycles. The molecule has 1 aromatic rings. The van der Waals surface area contributed by atoms with Crippen LogP contribution in [0.4, 0.5) is 0 Å². The molecule has 0 aliphatic heterocycles. The highest BCUT2D eigenvalue weighted by atomic mass is 16.5. The Balaban J connectivity index is 2.46. The fraction of sp³-hybridized carbons (Fsp3) is 0.429. The summed E-state index contributed by atoms with van der Waals surface area (Å²) in [5.41, 5.74) is 2.49. The average Bonchev–Trinajstić information content (AvgIpc) is 2.83. The predicted molar refractivity (Wildman–Crippen MR) is 71.3 cm³/mol. The lowest BCUT2D eigenvalue weighted by atomic mass is 10.1. The second-order valence-corrected chi connectivity index (χ2v) is 4.55. The standard InChI is InChI=1S/C14H17NO4/c1-19-8-7-15-12-4-2-3-10(12)9-11(14(15)18)5-6-13(16)17/h5-6,9H,2-4,7-8H2,1H3,(H,16,17)/b6-5+. The number of pyridine rings is 1. The number of aliphatic carboxylic acids is 1. The number of aromatic nitrogens is 1. The highest BCUT2D eigenvalue weighted by Crippen LogP contribution is 2.21. The average molecular weight is 263 g/mol. The van der Waals surface area contributed by atoms with E-state index in [1.165, 1.54) is 6.08 Å². The Labute approximate surface area is 111 Å². The molecule has 1 heterocycles. The largest absolute Gasteiger partial charge is 0.478 e. The first kappa shape index (κ1) is 13.5. The van der Waals surface area contributed by atoms with E-state index in [9.17, 15) is 9.59 Å². The number of ether oxygens (including phenoxy) is 1. The third-order valence-corrected chi connectivity index (χ3v) is 3.30. The number of carboxylic acids is 1. The highest BCUT2D eigenvalue weighted by molar-refractivity contribution is 5.85. The van der Waals surface area contributed by atoms with E-state index in [0.717, 1.165) is 36.6 Å². The van der Waals surface area contributed by atoms with Crippen LogP contribution < -0.4 is 5.56 Å². The summed E-state index contributed by atoms with van der Waals surface area (Å²) < 4.78 is 6.74. The third kappa shape index (κ3) is 2.93. The van der Waals surface area contributed by atoms with Gasteiger partial charge in [0.25, 0.3) is 5.56 Å². The van der Waals surface area contributed by atoms with Crippen molar-refractivity contribution in [2.45, 2.75) is 25.8 Å². The van der Waals surface area contributed by atoms with Gasteiger partial charge < -0.3 is 14.4 Å². The van der Waals surface area contributed by atoms with Crippen LogP contribution in [0.15, 0.2) is 16.9 Å².